The number of hydrogen-bond acceptors (Lipinski definition) is 5. The third-order valence-electron chi connectivity index (χ3n) is 5.30. The molecule has 1 aromatic carbocycles. The Hall–Kier alpha value is -2.57. The lowest BCUT2D eigenvalue weighted by atomic mass is 9.99. The van der Waals surface area contributed by atoms with Gasteiger partial charge in [-0.2, -0.15) is 0 Å². The van der Waals surface area contributed by atoms with Gasteiger partial charge in [-0.3, -0.25) is 14.4 Å². The van der Waals surface area contributed by atoms with Crippen LogP contribution in [0, 0.1) is 11.8 Å². The summed E-state index contributed by atoms with van der Waals surface area (Å²) < 4.78 is 10.4. The van der Waals surface area contributed by atoms with Gasteiger partial charge in [0.15, 0.2) is 6.61 Å². The van der Waals surface area contributed by atoms with E-state index in [1.807, 2.05) is 0 Å². The number of esters is 1. The first-order valence-electron chi connectivity index (χ1n) is 9.36. The van der Waals surface area contributed by atoms with Gasteiger partial charge in [0.1, 0.15) is 5.75 Å². The number of carbonyl (C=O) groups is 3. The highest BCUT2D eigenvalue weighted by Crippen LogP contribution is 2.28. The molecule has 0 bridgehead atoms. The van der Waals surface area contributed by atoms with Crippen molar-refractivity contribution >= 4 is 23.5 Å². The van der Waals surface area contributed by atoms with Crippen LogP contribution in [-0.4, -0.2) is 56.0 Å². The van der Waals surface area contributed by atoms with E-state index in [9.17, 15) is 14.4 Å². The van der Waals surface area contributed by atoms with Crippen LogP contribution in [0.3, 0.4) is 0 Å². The fourth-order valence-electron chi connectivity index (χ4n) is 3.49. The quantitative estimate of drug-likeness (QED) is 0.735. The van der Waals surface area contributed by atoms with Crippen LogP contribution in [-0.2, 0) is 19.1 Å². The summed E-state index contributed by atoms with van der Waals surface area (Å²) in [5.41, 5.74) is 0.688. The van der Waals surface area contributed by atoms with E-state index < -0.39 is 11.9 Å². The lowest BCUT2D eigenvalue weighted by Gasteiger charge is -2.30. The van der Waals surface area contributed by atoms with Gasteiger partial charge in [0.05, 0.1) is 13.0 Å². The van der Waals surface area contributed by atoms with Crippen molar-refractivity contribution in [3.05, 3.63) is 24.3 Å². The van der Waals surface area contributed by atoms with E-state index in [2.05, 4.69) is 6.92 Å². The Morgan fingerprint density at radius 3 is 2.67 bits per heavy atom. The second kappa shape index (κ2) is 8.41. The SMILES string of the molecule is COc1cccc(N2CC(C(=O)OCC(=O)N3CCC(C)CC3)CC2=O)c1. The standard InChI is InChI=1S/C20H26N2O5/c1-14-6-8-21(9-7-14)19(24)13-27-20(25)15-10-18(23)22(12-15)16-4-3-5-17(11-16)26-2/h3-5,11,14-15H,6-10,12-13H2,1-2H3. The van der Waals surface area contributed by atoms with Crippen LogP contribution < -0.4 is 9.64 Å². The Morgan fingerprint density at radius 1 is 1.22 bits per heavy atom. The number of likely N-dealkylation sites (tertiary alicyclic amines) is 1. The molecule has 2 heterocycles. The molecule has 2 aliphatic rings. The van der Waals surface area contributed by atoms with Crippen LogP contribution in [0.15, 0.2) is 24.3 Å². The Bertz CT molecular complexity index is 712. The molecule has 1 atom stereocenters. The minimum Gasteiger partial charge on any atom is -0.497 e. The van der Waals surface area contributed by atoms with Gasteiger partial charge >= 0.3 is 5.97 Å². The lowest BCUT2D eigenvalue weighted by Crippen LogP contribution is -2.40. The number of methoxy groups -OCH3 is 1. The van der Waals surface area contributed by atoms with Crippen molar-refractivity contribution in [1.29, 1.82) is 0 Å². The molecule has 2 amide bonds. The summed E-state index contributed by atoms with van der Waals surface area (Å²) in [5, 5.41) is 0. The maximum absolute atomic E-state index is 12.3. The van der Waals surface area contributed by atoms with Gasteiger partial charge in [0.25, 0.3) is 5.91 Å². The first-order valence-corrected chi connectivity index (χ1v) is 9.36. The number of anilines is 1. The molecule has 0 N–H and O–H groups in total. The van der Waals surface area contributed by atoms with E-state index in [4.69, 9.17) is 9.47 Å². The fraction of sp³-hybridized carbons (Fsp3) is 0.550. The van der Waals surface area contributed by atoms with Gasteiger partial charge in [-0.05, 0) is 30.9 Å². The maximum Gasteiger partial charge on any atom is 0.311 e. The van der Waals surface area contributed by atoms with Crippen molar-refractivity contribution in [2.75, 3.05) is 38.3 Å². The molecule has 3 rings (SSSR count). The third-order valence-corrected chi connectivity index (χ3v) is 5.30. The minimum atomic E-state index is -0.558. The molecule has 0 aromatic heterocycles. The highest BCUT2D eigenvalue weighted by Gasteiger charge is 2.36. The molecule has 2 fully saturated rings. The van der Waals surface area contributed by atoms with Gasteiger partial charge < -0.3 is 19.3 Å². The third kappa shape index (κ3) is 4.59. The molecular weight excluding hydrogens is 348 g/mol. The van der Waals surface area contributed by atoms with Crippen LogP contribution in [0.5, 0.6) is 5.75 Å². The van der Waals surface area contributed by atoms with Crippen molar-refractivity contribution in [1.82, 2.24) is 4.90 Å². The summed E-state index contributed by atoms with van der Waals surface area (Å²) in [6.07, 6.45) is 2.05. The van der Waals surface area contributed by atoms with Gasteiger partial charge in [0.2, 0.25) is 5.91 Å². The number of benzene rings is 1. The number of amides is 2. The molecule has 0 aliphatic carbocycles. The fourth-order valence-corrected chi connectivity index (χ4v) is 3.49. The van der Waals surface area contributed by atoms with Crippen LogP contribution in [0.25, 0.3) is 0 Å². The van der Waals surface area contributed by atoms with Gasteiger partial charge in [-0.1, -0.05) is 13.0 Å². The Balaban J connectivity index is 1.52. The molecule has 1 aromatic rings. The Kier molecular flexibility index (Phi) is 5.98. The van der Waals surface area contributed by atoms with E-state index in [-0.39, 0.29) is 31.4 Å². The topological polar surface area (TPSA) is 76.2 Å². The van der Waals surface area contributed by atoms with E-state index in [1.54, 1.807) is 41.2 Å². The largest absolute Gasteiger partial charge is 0.497 e. The zero-order valence-corrected chi connectivity index (χ0v) is 15.8. The summed E-state index contributed by atoms with van der Waals surface area (Å²) in [7, 11) is 1.56. The summed E-state index contributed by atoms with van der Waals surface area (Å²) in [4.78, 5) is 40.1. The summed E-state index contributed by atoms with van der Waals surface area (Å²) >= 11 is 0. The zero-order valence-electron chi connectivity index (χ0n) is 15.8. The van der Waals surface area contributed by atoms with Crippen molar-refractivity contribution in [2.45, 2.75) is 26.2 Å². The van der Waals surface area contributed by atoms with E-state index in [1.165, 1.54) is 0 Å². The van der Waals surface area contributed by atoms with Crippen LogP contribution >= 0.6 is 0 Å². The van der Waals surface area contributed by atoms with Crippen LogP contribution in [0.1, 0.15) is 26.2 Å². The first kappa shape index (κ1) is 19.2. The molecule has 0 spiro atoms. The van der Waals surface area contributed by atoms with Crippen LogP contribution in [0.2, 0.25) is 0 Å². The minimum absolute atomic E-state index is 0.0888. The van der Waals surface area contributed by atoms with Gasteiger partial charge in [-0.15, -0.1) is 0 Å². The molecular formula is C20H26N2O5. The van der Waals surface area contributed by atoms with Gasteiger partial charge in [-0.25, -0.2) is 0 Å². The molecule has 7 nitrogen and oxygen atoms in total. The van der Waals surface area contributed by atoms with Crippen molar-refractivity contribution in [3.63, 3.8) is 0 Å². The molecule has 0 saturated carbocycles. The van der Waals surface area contributed by atoms with Gasteiger partial charge in [0, 0.05) is 37.8 Å². The average Bonchev–Trinajstić information content (AvgIpc) is 3.08. The van der Waals surface area contributed by atoms with E-state index >= 15 is 0 Å². The van der Waals surface area contributed by atoms with Crippen molar-refractivity contribution in [2.24, 2.45) is 11.8 Å². The molecule has 0 radical (unpaired) electrons. The predicted molar refractivity (Wildman–Crippen MR) is 99.4 cm³/mol. The predicted octanol–water partition coefficient (Wildman–Crippen LogP) is 1.85. The Labute approximate surface area is 159 Å². The number of carbonyl (C=O) groups excluding carboxylic acids is 3. The molecule has 2 saturated heterocycles. The number of piperidine rings is 1. The normalized spacial score (nSPS) is 20.7. The summed E-state index contributed by atoms with van der Waals surface area (Å²) in [6.45, 7) is 3.59. The van der Waals surface area contributed by atoms with Crippen molar-refractivity contribution in [3.8, 4) is 5.75 Å². The van der Waals surface area contributed by atoms with E-state index in [0.717, 1.165) is 12.8 Å². The summed E-state index contributed by atoms with van der Waals surface area (Å²) in [6, 6.07) is 7.15. The van der Waals surface area contributed by atoms with Crippen LogP contribution in [0.4, 0.5) is 5.69 Å². The van der Waals surface area contributed by atoms with E-state index in [0.29, 0.717) is 30.4 Å². The molecule has 1 unspecified atom stereocenters. The molecule has 2 aliphatic heterocycles. The highest BCUT2D eigenvalue weighted by atomic mass is 16.5. The highest BCUT2D eigenvalue weighted by molar-refractivity contribution is 5.99. The Morgan fingerprint density at radius 2 is 1.96 bits per heavy atom. The summed E-state index contributed by atoms with van der Waals surface area (Å²) in [5.74, 6) is -0.0763. The number of ether oxygens (including phenoxy) is 2. The average molecular weight is 374 g/mol. The van der Waals surface area contributed by atoms with Crippen molar-refractivity contribution < 1.29 is 23.9 Å². The lowest BCUT2D eigenvalue weighted by molar-refractivity contribution is -0.155. The number of rotatable bonds is 5. The maximum atomic E-state index is 12.3. The monoisotopic (exact) mass is 374 g/mol. The second-order valence-electron chi connectivity index (χ2n) is 7.28. The molecule has 27 heavy (non-hydrogen) atoms. The number of nitrogens with zero attached hydrogens (tertiary/aromatic N) is 2. The number of hydrogen-bond donors (Lipinski definition) is 0. The molecule has 146 valence electrons. The first-order chi connectivity index (χ1) is 13.0. The molecule has 7 heteroatoms. The second-order valence-corrected chi connectivity index (χ2v) is 7.28. The zero-order chi connectivity index (χ0) is 19.4. The smallest absolute Gasteiger partial charge is 0.311 e.